The van der Waals surface area contributed by atoms with Gasteiger partial charge in [-0.15, -0.1) is 11.3 Å². The summed E-state index contributed by atoms with van der Waals surface area (Å²) in [6, 6.07) is 1.74. The van der Waals surface area contributed by atoms with E-state index in [2.05, 4.69) is 10.6 Å². The zero-order valence-corrected chi connectivity index (χ0v) is 17.0. The molecule has 2 fully saturated rings. The number of carbonyl (C=O) groups excluding carboxylic acids is 2. The van der Waals surface area contributed by atoms with E-state index < -0.39 is 15.9 Å². The van der Waals surface area contributed by atoms with E-state index in [-0.39, 0.29) is 34.7 Å². The van der Waals surface area contributed by atoms with Crippen LogP contribution < -0.4 is 10.6 Å². The van der Waals surface area contributed by atoms with Crippen LogP contribution in [0.1, 0.15) is 61.0 Å². The van der Waals surface area contributed by atoms with Gasteiger partial charge in [0.1, 0.15) is 9.77 Å². The van der Waals surface area contributed by atoms with Gasteiger partial charge in [-0.2, -0.15) is 4.31 Å². The topological polar surface area (TPSA) is 95.6 Å². The molecule has 3 rings (SSSR count). The zero-order valence-electron chi connectivity index (χ0n) is 15.4. The summed E-state index contributed by atoms with van der Waals surface area (Å²) in [7, 11) is -3.63. The van der Waals surface area contributed by atoms with Crippen LogP contribution in [0.25, 0.3) is 0 Å². The summed E-state index contributed by atoms with van der Waals surface area (Å²) < 4.78 is 26.9. The summed E-state index contributed by atoms with van der Waals surface area (Å²) in [6.45, 7) is 1.19. The Balaban J connectivity index is 1.51. The smallest absolute Gasteiger partial charge is 0.262 e. The van der Waals surface area contributed by atoms with E-state index in [1.807, 2.05) is 0 Å². The third-order valence-electron chi connectivity index (χ3n) is 5.13. The monoisotopic (exact) mass is 413 g/mol. The normalized spacial score (nSPS) is 19.1. The van der Waals surface area contributed by atoms with E-state index in [0.29, 0.717) is 13.1 Å². The average Bonchev–Trinajstić information content (AvgIpc) is 3.35. The van der Waals surface area contributed by atoms with Crippen molar-refractivity contribution in [3.63, 3.8) is 0 Å². The predicted octanol–water partition coefficient (Wildman–Crippen LogP) is 2.10. The first-order valence-corrected chi connectivity index (χ1v) is 12.0. The van der Waals surface area contributed by atoms with Gasteiger partial charge in [-0.3, -0.25) is 9.59 Å². The molecule has 2 amide bonds. The molecule has 27 heavy (non-hydrogen) atoms. The van der Waals surface area contributed by atoms with Gasteiger partial charge in [-0.25, -0.2) is 8.42 Å². The Kier molecular flexibility index (Phi) is 6.88. The summed E-state index contributed by atoms with van der Waals surface area (Å²) in [5.74, 6) is -0.508. The second kappa shape index (κ2) is 9.16. The predicted molar refractivity (Wildman–Crippen MR) is 104 cm³/mol. The largest absolute Gasteiger partial charge is 0.353 e. The molecule has 2 aliphatic rings. The Labute approximate surface area is 164 Å². The molecule has 2 N–H and O–H groups in total. The number of hydrogen-bond donors (Lipinski definition) is 2. The fraction of sp³-hybridized carbons (Fsp3) is 0.667. The Morgan fingerprint density at radius 1 is 1.11 bits per heavy atom. The lowest BCUT2D eigenvalue weighted by atomic mass is 9.95. The SMILES string of the molecule is O=C(CCNC(=O)c1sccc1S(=O)(=O)N1CCCC1)NC1CCCCC1. The molecule has 7 nitrogen and oxygen atoms in total. The summed E-state index contributed by atoms with van der Waals surface area (Å²) in [6.07, 6.45) is 7.45. The quantitative estimate of drug-likeness (QED) is 0.716. The molecule has 0 radical (unpaired) electrons. The average molecular weight is 414 g/mol. The highest BCUT2D eigenvalue weighted by atomic mass is 32.2. The van der Waals surface area contributed by atoms with Crippen LogP contribution in [-0.2, 0) is 14.8 Å². The fourth-order valence-electron chi connectivity index (χ4n) is 3.65. The van der Waals surface area contributed by atoms with Crippen molar-refractivity contribution >= 4 is 33.2 Å². The van der Waals surface area contributed by atoms with Crippen molar-refractivity contribution in [1.82, 2.24) is 14.9 Å². The highest BCUT2D eigenvalue weighted by Crippen LogP contribution is 2.27. The maximum atomic E-state index is 12.7. The van der Waals surface area contributed by atoms with Gasteiger partial charge < -0.3 is 10.6 Å². The highest BCUT2D eigenvalue weighted by Gasteiger charge is 2.31. The van der Waals surface area contributed by atoms with Crippen molar-refractivity contribution in [2.24, 2.45) is 0 Å². The first-order chi connectivity index (χ1) is 13.0. The number of sulfonamides is 1. The molecule has 0 atom stereocenters. The summed E-state index contributed by atoms with van der Waals surface area (Å²) in [5.41, 5.74) is 0. The first-order valence-electron chi connectivity index (χ1n) is 9.63. The Hall–Kier alpha value is -1.45. The summed E-state index contributed by atoms with van der Waals surface area (Å²) >= 11 is 1.11. The molecule has 0 bridgehead atoms. The van der Waals surface area contributed by atoms with Crippen molar-refractivity contribution in [2.45, 2.75) is 62.3 Å². The number of hydrogen-bond acceptors (Lipinski definition) is 5. The van der Waals surface area contributed by atoms with Crippen molar-refractivity contribution in [3.05, 3.63) is 16.3 Å². The number of amides is 2. The summed E-state index contributed by atoms with van der Waals surface area (Å²) in [5, 5.41) is 7.31. The van der Waals surface area contributed by atoms with E-state index in [9.17, 15) is 18.0 Å². The molecule has 0 unspecified atom stereocenters. The van der Waals surface area contributed by atoms with Gasteiger partial charge >= 0.3 is 0 Å². The van der Waals surface area contributed by atoms with Crippen LogP contribution >= 0.6 is 11.3 Å². The molecule has 1 aliphatic carbocycles. The maximum Gasteiger partial charge on any atom is 0.262 e. The summed E-state index contributed by atoms with van der Waals surface area (Å²) in [4.78, 5) is 24.7. The molecule has 0 spiro atoms. The van der Waals surface area contributed by atoms with Gasteiger partial charge in [-0.1, -0.05) is 19.3 Å². The Morgan fingerprint density at radius 3 is 2.52 bits per heavy atom. The second-order valence-electron chi connectivity index (χ2n) is 7.13. The molecule has 1 aromatic rings. The third kappa shape index (κ3) is 5.08. The number of thiophene rings is 1. The van der Waals surface area contributed by atoms with Gasteiger partial charge in [-0.05, 0) is 37.1 Å². The van der Waals surface area contributed by atoms with Crippen molar-refractivity contribution in [2.75, 3.05) is 19.6 Å². The van der Waals surface area contributed by atoms with E-state index in [1.54, 1.807) is 5.38 Å². The van der Waals surface area contributed by atoms with E-state index in [1.165, 1.54) is 16.8 Å². The molecular formula is C18H27N3O4S2. The first kappa shape index (κ1) is 20.3. The minimum absolute atomic E-state index is 0.0681. The zero-order chi connectivity index (χ0) is 19.3. The van der Waals surface area contributed by atoms with Crippen LogP contribution in [0.3, 0.4) is 0 Å². The lowest BCUT2D eigenvalue weighted by Gasteiger charge is -2.22. The number of carbonyl (C=O) groups is 2. The van der Waals surface area contributed by atoms with Gasteiger partial charge in [0.15, 0.2) is 0 Å². The van der Waals surface area contributed by atoms with Crippen LogP contribution in [0.4, 0.5) is 0 Å². The van der Waals surface area contributed by atoms with E-state index in [4.69, 9.17) is 0 Å². The standard InChI is InChI=1S/C18H27N3O4S2/c22-16(20-14-6-2-1-3-7-14)8-10-19-18(23)17-15(9-13-26-17)27(24,25)21-11-4-5-12-21/h9,13-14H,1-8,10-12H2,(H,19,23)(H,20,22). The minimum Gasteiger partial charge on any atom is -0.353 e. The third-order valence-corrected chi connectivity index (χ3v) is 8.11. The van der Waals surface area contributed by atoms with E-state index >= 15 is 0 Å². The van der Waals surface area contributed by atoms with Crippen molar-refractivity contribution < 1.29 is 18.0 Å². The molecule has 1 saturated heterocycles. The van der Waals surface area contributed by atoms with E-state index in [0.717, 1.165) is 49.9 Å². The molecule has 9 heteroatoms. The van der Waals surface area contributed by atoms with Crippen LogP contribution in [0.5, 0.6) is 0 Å². The second-order valence-corrected chi connectivity index (χ2v) is 9.96. The number of rotatable bonds is 7. The number of nitrogens with one attached hydrogen (secondary N) is 2. The molecule has 1 aliphatic heterocycles. The molecule has 0 aromatic carbocycles. The Bertz CT molecular complexity index is 763. The van der Waals surface area contributed by atoms with Gasteiger partial charge in [0.25, 0.3) is 5.91 Å². The van der Waals surface area contributed by atoms with Gasteiger partial charge in [0.2, 0.25) is 15.9 Å². The van der Waals surface area contributed by atoms with Crippen molar-refractivity contribution in [3.8, 4) is 0 Å². The van der Waals surface area contributed by atoms with Crippen LogP contribution in [-0.4, -0.2) is 50.2 Å². The van der Waals surface area contributed by atoms with Crippen LogP contribution in [0.15, 0.2) is 16.3 Å². The molecular weight excluding hydrogens is 386 g/mol. The molecule has 1 aromatic heterocycles. The lowest BCUT2D eigenvalue weighted by Crippen LogP contribution is -2.38. The molecule has 2 heterocycles. The molecule has 150 valence electrons. The molecule has 1 saturated carbocycles. The lowest BCUT2D eigenvalue weighted by molar-refractivity contribution is -0.121. The fourth-order valence-corrected chi connectivity index (χ4v) is 6.48. The minimum atomic E-state index is -3.63. The van der Waals surface area contributed by atoms with Gasteiger partial charge in [0, 0.05) is 32.1 Å². The highest BCUT2D eigenvalue weighted by molar-refractivity contribution is 7.89. The van der Waals surface area contributed by atoms with Crippen LogP contribution in [0.2, 0.25) is 0 Å². The van der Waals surface area contributed by atoms with Crippen LogP contribution in [0, 0.1) is 0 Å². The van der Waals surface area contributed by atoms with Crippen molar-refractivity contribution in [1.29, 1.82) is 0 Å². The maximum absolute atomic E-state index is 12.7. The van der Waals surface area contributed by atoms with Gasteiger partial charge in [0.05, 0.1) is 0 Å². The number of nitrogens with zero attached hydrogens (tertiary/aromatic N) is 1. The Morgan fingerprint density at radius 2 is 1.81 bits per heavy atom.